The Bertz CT molecular complexity index is 2410. The molecule has 0 atom stereocenters. The van der Waals surface area contributed by atoms with Crippen LogP contribution in [0.25, 0.3) is 0 Å². The number of phenolic OH excluding ortho intramolecular Hbond substituents is 2. The maximum Gasteiger partial charge on any atom is 0.258 e. The first-order valence-electron chi connectivity index (χ1n) is 17.9. The molecule has 0 unspecified atom stereocenters. The number of rotatable bonds is 8. The number of phenols is 2. The van der Waals surface area contributed by atoms with E-state index in [1.165, 1.54) is 23.1 Å². The van der Waals surface area contributed by atoms with Gasteiger partial charge in [0.2, 0.25) is 0 Å². The highest BCUT2D eigenvalue weighted by Gasteiger charge is 2.30. The van der Waals surface area contributed by atoms with Crippen LogP contribution >= 0.6 is 46.4 Å². The predicted octanol–water partition coefficient (Wildman–Crippen LogP) is 10.6. The molecule has 10 nitrogen and oxygen atoms in total. The Labute approximate surface area is 354 Å². The van der Waals surface area contributed by atoms with Gasteiger partial charge in [0.1, 0.15) is 60.8 Å². The molecule has 14 heteroatoms. The first-order chi connectivity index (χ1) is 28.1. The SMILES string of the molecule is O=C(c1cc(Cl)c(O)c(Cl)c1)N1CCOc2cccc(O)c21.O=C(c1cc(Cl)c(OCc2ccccc2)c(Cl)c1)N1CCOc2cccc(OCc3ccccc3)c21. The zero-order chi connectivity index (χ0) is 40.8. The molecule has 8 rings (SSSR count). The highest BCUT2D eigenvalue weighted by atomic mass is 35.5. The summed E-state index contributed by atoms with van der Waals surface area (Å²) in [6.45, 7) is 1.98. The Hall–Kier alpha value is -5.78. The highest BCUT2D eigenvalue weighted by molar-refractivity contribution is 6.38. The zero-order valence-corrected chi connectivity index (χ0v) is 33.6. The van der Waals surface area contributed by atoms with E-state index in [-0.39, 0.29) is 49.6 Å². The molecule has 0 radical (unpaired) electrons. The van der Waals surface area contributed by atoms with Crippen molar-refractivity contribution in [1.82, 2.24) is 0 Å². The fourth-order valence-corrected chi connectivity index (χ4v) is 7.39. The summed E-state index contributed by atoms with van der Waals surface area (Å²) in [7, 11) is 0. The molecule has 2 aliphatic rings. The van der Waals surface area contributed by atoms with Gasteiger partial charge < -0.3 is 29.2 Å². The van der Waals surface area contributed by atoms with Gasteiger partial charge in [-0.2, -0.15) is 0 Å². The van der Waals surface area contributed by atoms with Crippen molar-refractivity contribution in [3.05, 3.63) is 164 Å². The number of ether oxygens (including phenoxy) is 4. The number of amides is 2. The molecule has 0 aliphatic carbocycles. The number of benzene rings is 6. The molecule has 0 saturated carbocycles. The third-order valence-corrected chi connectivity index (χ3v) is 10.2. The summed E-state index contributed by atoms with van der Waals surface area (Å²) in [5.74, 6) is 0.934. The topological polar surface area (TPSA) is 118 Å². The molecule has 2 aliphatic heterocycles. The minimum Gasteiger partial charge on any atom is -0.506 e. The van der Waals surface area contributed by atoms with E-state index in [0.29, 0.717) is 72.9 Å². The molecule has 0 spiro atoms. The van der Waals surface area contributed by atoms with Crippen molar-refractivity contribution in [1.29, 1.82) is 0 Å². The Morgan fingerprint density at radius 1 is 0.569 bits per heavy atom. The molecule has 2 N–H and O–H groups in total. The van der Waals surface area contributed by atoms with Gasteiger partial charge in [0.15, 0.2) is 11.5 Å². The van der Waals surface area contributed by atoms with Crippen molar-refractivity contribution in [2.24, 2.45) is 0 Å². The van der Waals surface area contributed by atoms with Crippen LogP contribution in [0.5, 0.6) is 34.5 Å². The van der Waals surface area contributed by atoms with Gasteiger partial charge in [-0.3, -0.25) is 19.4 Å². The van der Waals surface area contributed by atoms with Crippen LogP contribution in [0.2, 0.25) is 20.1 Å². The second-order valence-corrected chi connectivity index (χ2v) is 14.6. The van der Waals surface area contributed by atoms with E-state index in [1.807, 2.05) is 78.9 Å². The van der Waals surface area contributed by atoms with Gasteiger partial charge in [0, 0.05) is 11.1 Å². The Morgan fingerprint density at radius 3 is 1.59 bits per heavy atom. The van der Waals surface area contributed by atoms with Gasteiger partial charge in [-0.25, -0.2) is 0 Å². The maximum atomic E-state index is 13.6. The molecule has 6 aromatic carbocycles. The predicted molar refractivity (Wildman–Crippen MR) is 225 cm³/mol. The average Bonchev–Trinajstić information content (AvgIpc) is 3.24. The van der Waals surface area contributed by atoms with E-state index >= 15 is 0 Å². The Balaban J connectivity index is 0.000000199. The third-order valence-electron chi connectivity index (χ3n) is 9.09. The van der Waals surface area contributed by atoms with Gasteiger partial charge in [-0.05, 0) is 59.7 Å². The first kappa shape index (κ1) is 40.4. The summed E-state index contributed by atoms with van der Waals surface area (Å²) in [6, 6.07) is 35.7. The fraction of sp³-hybridized carbons (Fsp3) is 0.136. The van der Waals surface area contributed by atoms with Crippen LogP contribution < -0.4 is 28.7 Å². The van der Waals surface area contributed by atoms with Crippen LogP contribution in [-0.4, -0.2) is 48.3 Å². The van der Waals surface area contributed by atoms with Crippen molar-refractivity contribution in [3.63, 3.8) is 0 Å². The lowest BCUT2D eigenvalue weighted by Gasteiger charge is -2.31. The zero-order valence-electron chi connectivity index (χ0n) is 30.5. The molecule has 2 heterocycles. The van der Waals surface area contributed by atoms with E-state index < -0.39 is 5.91 Å². The van der Waals surface area contributed by atoms with E-state index in [2.05, 4.69) is 0 Å². The summed E-state index contributed by atoms with van der Waals surface area (Å²) < 4.78 is 23.2. The molecule has 6 aromatic rings. The van der Waals surface area contributed by atoms with Gasteiger partial charge >= 0.3 is 0 Å². The number of hydrogen-bond acceptors (Lipinski definition) is 8. The standard InChI is InChI=1S/C29H23Cl2NO4.C15H11Cl2NO4/c30-23-16-22(17-24(31)28(23)36-19-21-10-5-2-6-11-21)29(33)32-14-15-34-25-12-7-13-26(27(25)32)35-18-20-8-3-1-4-9-20;16-9-6-8(7-10(17)14(9)20)15(21)18-4-5-22-12-3-1-2-11(19)13(12)18/h1-13,16-17H,14-15,18-19H2;1-3,6-7,19-20H,4-5H2. The van der Waals surface area contributed by atoms with Crippen molar-refractivity contribution in [3.8, 4) is 34.5 Å². The number of halogens is 4. The lowest BCUT2D eigenvalue weighted by Crippen LogP contribution is -2.38. The molecule has 296 valence electrons. The number of anilines is 2. The van der Waals surface area contributed by atoms with Crippen molar-refractivity contribution >= 4 is 69.6 Å². The fourth-order valence-electron chi connectivity index (χ4n) is 6.31. The van der Waals surface area contributed by atoms with Crippen LogP contribution in [0.15, 0.2) is 121 Å². The van der Waals surface area contributed by atoms with E-state index in [1.54, 1.807) is 29.2 Å². The normalized spacial score (nSPS) is 12.8. The summed E-state index contributed by atoms with van der Waals surface area (Å²) in [5, 5.41) is 20.1. The van der Waals surface area contributed by atoms with Gasteiger partial charge in [-0.1, -0.05) is 119 Å². The maximum absolute atomic E-state index is 13.6. The molecule has 2 amide bonds. The number of carbonyl (C=O) groups is 2. The molecule has 0 fully saturated rings. The minimum absolute atomic E-state index is 0.0124. The van der Waals surface area contributed by atoms with Gasteiger partial charge in [-0.15, -0.1) is 0 Å². The number of carbonyl (C=O) groups excluding carboxylic acids is 2. The van der Waals surface area contributed by atoms with Crippen LogP contribution in [0.4, 0.5) is 11.4 Å². The van der Waals surface area contributed by atoms with E-state index in [4.69, 9.17) is 65.4 Å². The first-order valence-corrected chi connectivity index (χ1v) is 19.4. The molecule has 58 heavy (non-hydrogen) atoms. The Kier molecular flexibility index (Phi) is 12.7. The summed E-state index contributed by atoms with van der Waals surface area (Å²) in [5.41, 5.74) is 3.46. The second kappa shape index (κ2) is 18.2. The van der Waals surface area contributed by atoms with Crippen molar-refractivity contribution in [2.45, 2.75) is 13.2 Å². The number of nitrogens with zero attached hydrogens (tertiary/aromatic N) is 2. The lowest BCUT2D eigenvalue weighted by atomic mass is 10.1. The number of hydrogen-bond donors (Lipinski definition) is 2. The monoisotopic (exact) mass is 858 g/mol. The number of aromatic hydroxyl groups is 2. The van der Waals surface area contributed by atoms with Crippen molar-refractivity contribution in [2.75, 3.05) is 36.1 Å². The summed E-state index contributed by atoms with van der Waals surface area (Å²) in [4.78, 5) is 29.4. The lowest BCUT2D eigenvalue weighted by molar-refractivity contribution is 0.0968. The van der Waals surface area contributed by atoms with Gasteiger partial charge in [0.05, 0.1) is 33.2 Å². The van der Waals surface area contributed by atoms with E-state index in [9.17, 15) is 19.8 Å². The number of para-hydroxylation sites is 2. The van der Waals surface area contributed by atoms with Crippen LogP contribution in [0, 0.1) is 0 Å². The molecule has 0 bridgehead atoms. The highest BCUT2D eigenvalue weighted by Crippen LogP contribution is 2.43. The summed E-state index contributed by atoms with van der Waals surface area (Å²) >= 11 is 24.7. The van der Waals surface area contributed by atoms with Crippen molar-refractivity contribution < 1.29 is 38.7 Å². The largest absolute Gasteiger partial charge is 0.506 e. The molecule has 0 saturated heterocycles. The molecular weight excluding hydrogens is 826 g/mol. The molecule has 0 aromatic heterocycles. The third kappa shape index (κ3) is 9.01. The Morgan fingerprint density at radius 2 is 1.03 bits per heavy atom. The average molecular weight is 861 g/mol. The second-order valence-electron chi connectivity index (χ2n) is 12.9. The van der Waals surface area contributed by atoms with Crippen LogP contribution in [-0.2, 0) is 13.2 Å². The quantitative estimate of drug-likeness (QED) is 0.155. The minimum atomic E-state index is -0.394. The van der Waals surface area contributed by atoms with Crippen LogP contribution in [0.1, 0.15) is 31.8 Å². The number of fused-ring (bicyclic) bond motifs is 2. The molecular formula is C44H34Cl4N2O8. The summed E-state index contributed by atoms with van der Waals surface area (Å²) in [6.07, 6.45) is 0. The smallest absolute Gasteiger partial charge is 0.258 e. The van der Waals surface area contributed by atoms with Crippen LogP contribution in [0.3, 0.4) is 0 Å². The van der Waals surface area contributed by atoms with E-state index in [0.717, 1.165) is 11.1 Å². The van der Waals surface area contributed by atoms with Gasteiger partial charge in [0.25, 0.3) is 11.8 Å².